The van der Waals surface area contributed by atoms with Crippen molar-refractivity contribution in [3.63, 3.8) is 0 Å². The summed E-state index contributed by atoms with van der Waals surface area (Å²) in [5.41, 5.74) is 2.43. The monoisotopic (exact) mass is 389 g/mol. The van der Waals surface area contributed by atoms with Crippen molar-refractivity contribution in [1.82, 2.24) is 5.32 Å². The van der Waals surface area contributed by atoms with Gasteiger partial charge in [0.25, 0.3) is 5.69 Å². The maximum Gasteiger partial charge on any atom is 0.271 e. The molecule has 2 unspecified atom stereocenters. The Bertz CT molecular complexity index is 822. The minimum atomic E-state index is -0.531. The van der Waals surface area contributed by atoms with Crippen LogP contribution in [0, 0.1) is 10.1 Å². The minimum absolute atomic E-state index is 0.0347. The van der Waals surface area contributed by atoms with Crippen LogP contribution in [0.5, 0.6) is 0 Å². The number of hydrogen-bond acceptors (Lipinski definition) is 4. The van der Waals surface area contributed by atoms with E-state index in [1.807, 2.05) is 6.92 Å². The van der Waals surface area contributed by atoms with Gasteiger partial charge in [0.2, 0.25) is 5.91 Å². The number of carbonyl (C=O) groups is 1. The molecule has 2 atom stereocenters. The molecule has 0 saturated heterocycles. The molecule has 2 rings (SSSR count). The molecule has 0 aromatic heterocycles. The highest BCUT2D eigenvalue weighted by molar-refractivity contribution is 6.33. The highest BCUT2D eigenvalue weighted by Crippen LogP contribution is 2.27. The molecular formula is C20H24ClN3O3. The SMILES string of the molecule is CC(NC(C)c1ccc(C(C)C)cc1)C(=O)Nc1cc([N+](=O)[O-])ccc1Cl. The maximum absolute atomic E-state index is 12.5. The molecule has 2 N–H and O–H groups in total. The van der Waals surface area contributed by atoms with Crippen LogP contribution in [-0.2, 0) is 4.79 Å². The van der Waals surface area contributed by atoms with E-state index in [4.69, 9.17) is 11.6 Å². The summed E-state index contributed by atoms with van der Waals surface area (Å²) >= 11 is 6.03. The zero-order valence-corrected chi connectivity index (χ0v) is 16.6. The average Bonchev–Trinajstić information content (AvgIpc) is 2.63. The summed E-state index contributed by atoms with van der Waals surface area (Å²) in [7, 11) is 0. The lowest BCUT2D eigenvalue weighted by Crippen LogP contribution is -2.39. The van der Waals surface area contributed by atoms with Crippen LogP contribution in [0.15, 0.2) is 42.5 Å². The second-order valence-corrected chi connectivity index (χ2v) is 7.25. The van der Waals surface area contributed by atoms with Crippen LogP contribution in [0.1, 0.15) is 50.8 Å². The fourth-order valence-corrected chi connectivity index (χ4v) is 2.84. The van der Waals surface area contributed by atoms with Gasteiger partial charge in [-0.1, -0.05) is 49.7 Å². The summed E-state index contributed by atoms with van der Waals surface area (Å²) in [5, 5.41) is 17.0. The van der Waals surface area contributed by atoms with Crippen LogP contribution in [0.4, 0.5) is 11.4 Å². The first kappa shape index (κ1) is 20.9. The molecule has 0 spiro atoms. The predicted molar refractivity (Wildman–Crippen MR) is 108 cm³/mol. The quantitative estimate of drug-likeness (QED) is 0.512. The van der Waals surface area contributed by atoms with Gasteiger partial charge < -0.3 is 5.32 Å². The fourth-order valence-electron chi connectivity index (χ4n) is 2.68. The van der Waals surface area contributed by atoms with Crippen molar-refractivity contribution in [2.75, 3.05) is 5.32 Å². The molecule has 27 heavy (non-hydrogen) atoms. The number of nitrogens with one attached hydrogen (secondary N) is 2. The van der Waals surface area contributed by atoms with E-state index in [1.165, 1.54) is 23.8 Å². The highest BCUT2D eigenvalue weighted by Gasteiger charge is 2.19. The van der Waals surface area contributed by atoms with Crippen molar-refractivity contribution in [2.45, 2.75) is 45.7 Å². The molecule has 2 aromatic rings. The Balaban J connectivity index is 2.03. The van der Waals surface area contributed by atoms with Crippen molar-refractivity contribution in [2.24, 2.45) is 0 Å². The standard InChI is InChI=1S/C20H24ClN3O3/c1-12(2)15-5-7-16(8-6-15)13(3)22-14(4)20(25)23-19-11-17(24(26)27)9-10-18(19)21/h5-14,22H,1-4H3,(H,23,25). The molecule has 144 valence electrons. The molecule has 2 aromatic carbocycles. The topological polar surface area (TPSA) is 84.3 Å². The molecule has 0 aliphatic carbocycles. The van der Waals surface area contributed by atoms with Gasteiger partial charge in [0.15, 0.2) is 0 Å². The summed E-state index contributed by atoms with van der Waals surface area (Å²) < 4.78 is 0. The van der Waals surface area contributed by atoms with Crippen LogP contribution in [0.25, 0.3) is 0 Å². The zero-order valence-electron chi connectivity index (χ0n) is 15.8. The van der Waals surface area contributed by atoms with Gasteiger partial charge in [-0.3, -0.25) is 20.2 Å². The number of amides is 1. The number of hydrogen-bond donors (Lipinski definition) is 2. The van der Waals surface area contributed by atoms with Gasteiger partial charge in [-0.15, -0.1) is 0 Å². The van der Waals surface area contributed by atoms with E-state index in [0.29, 0.717) is 5.92 Å². The Kier molecular flexibility index (Phi) is 6.93. The van der Waals surface area contributed by atoms with E-state index in [0.717, 1.165) is 5.56 Å². The molecule has 0 heterocycles. The number of non-ortho nitro benzene ring substituents is 1. The lowest BCUT2D eigenvalue weighted by molar-refractivity contribution is -0.384. The molecular weight excluding hydrogens is 366 g/mol. The fraction of sp³-hybridized carbons (Fsp3) is 0.350. The molecule has 6 nitrogen and oxygen atoms in total. The number of nitro benzene ring substituents is 1. The molecule has 1 amide bonds. The summed E-state index contributed by atoms with van der Waals surface area (Å²) in [5.74, 6) is 0.148. The Hall–Kier alpha value is -2.44. The Labute approximate surface area is 164 Å². The van der Waals surface area contributed by atoms with Gasteiger partial charge in [-0.2, -0.15) is 0 Å². The largest absolute Gasteiger partial charge is 0.323 e. The predicted octanol–water partition coefficient (Wildman–Crippen LogP) is 5.05. The number of carbonyl (C=O) groups excluding carboxylic acids is 1. The van der Waals surface area contributed by atoms with Gasteiger partial charge in [0, 0.05) is 18.2 Å². The van der Waals surface area contributed by atoms with Crippen LogP contribution in [-0.4, -0.2) is 16.9 Å². The third kappa shape index (κ3) is 5.52. The van der Waals surface area contributed by atoms with E-state index in [-0.39, 0.29) is 28.3 Å². The van der Waals surface area contributed by atoms with Gasteiger partial charge in [0.1, 0.15) is 0 Å². The smallest absolute Gasteiger partial charge is 0.271 e. The van der Waals surface area contributed by atoms with E-state index in [2.05, 4.69) is 48.7 Å². The highest BCUT2D eigenvalue weighted by atomic mass is 35.5. The van der Waals surface area contributed by atoms with E-state index < -0.39 is 11.0 Å². The van der Waals surface area contributed by atoms with Crippen molar-refractivity contribution >= 4 is 28.9 Å². The van der Waals surface area contributed by atoms with Gasteiger partial charge in [0.05, 0.1) is 21.7 Å². The summed E-state index contributed by atoms with van der Waals surface area (Å²) in [4.78, 5) is 22.8. The van der Waals surface area contributed by atoms with Crippen molar-refractivity contribution in [3.8, 4) is 0 Å². The Morgan fingerprint density at radius 1 is 1.04 bits per heavy atom. The van der Waals surface area contributed by atoms with Gasteiger partial charge in [-0.25, -0.2) is 0 Å². The van der Waals surface area contributed by atoms with Gasteiger partial charge >= 0.3 is 0 Å². The lowest BCUT2D eigenvalue weighted by atomic mass is 9.99. The van der Waals surface area contributed by atoms with Crippen molar-refractivity contribution in [3.05, 3.63) is 68.7 Å². The minimum Gasteiger partial charge on any atom is -0.323 e. The van der Waals surface area contributed by atoms with Crippen molar-refractivity contribution < 1.29 is 9.72 Å². The second-order valence-electron chi connectivity index (χ2n) is 6.84. The second kappa shape index (κ2) is 8.97. The molecule has 0 aliphatic heterocycles. The number of benzene rings is 2. The summed E-state index contributed by atoms with van der Waals surface area (Å²) in [6.45, 7) is 8.00. The first-order valence-corrected chi connectivity index (χ1v) is 9.17. The number of rotatable bonds is 7. The zero-order chi connectivity index (χ0) is 20.1. The first-order valence-electron chi connectivity index (χ1n) is 8.79. The van der Waals surface area contributed by atoms with Crippen LogP contribution in [0.2, 0.25) is 5.02 Å². The number of nitrogens with zero attached hydrogens (tertiary/aromatic N) is 1. The number of nitro groups is 1. The molecule has 0 aliphatic rings. The third-order valence-electron chi connectivity index (χ3n) is 4.42. The van der Waals surface area contributed by atoms with Crippen LogP contribution in [0.3, 0.4) is 0 Å². The van der Waals surface area contributed by atoms with E-state index >= 15 is 0 Å². The normalized spacial score (nSPS) is 13.3. The molecule has 7 heteroatoms. The van der Waals surface area contributed by atoms with E-state index in [1.54, 1.807) is 6.92 Å². The molecule has 0 bridgehead atoms. The average molecular weight is 390 g/mol. The Morgan fingerprint density at radius 3 is 2.19 bits per heavy atom. The molecule has 0 fully saturated rings. The first-order chi connectivity index (χ1) is 12.7. The summed E-state index contributed by atoms with van der Waals surface area (Å²) in [6.07, 6.45) is 0. The lowest BCUT2D eigenvalue weighted by Gasteiger charge is -2.20. The maximum atomic E-state index is 12.5. The van der Waals surface area contributed by atoms with Crippen LogP contribution < -0.4 is 10.6 Å². The third-order valence-corrected chi connectivity index (χ3v) is 4.74. The summed E-state index contributed by atoms with van der Waals surface area (Å²) in [6, 6.07) is 11.7. The number of halogens is 1. The molecule has 0 radical (unpaired) electrons. The van der Waals surface area contributed by atoms with Crippen molar-refractivity contribution in [1.29, 1.82) is 0 Å². The van der Waals surface area contributed by atoms with Gasteiger partial charge in [-0.05, 0) is 37.0 Å². The van der Waals surface area contributed by atoms with Crippen LogP contribution >= 0.6 is 11.6 Å². The molecule has 0 saturated carbocycles. The number of anilines is 1. The van der Waals surface area contributed by atoms with E-state index in [9.17, 15) is 14.9 Å². The Morgan fingerprint density at radius 2 is 1.63 bits per heavy atom.